The number of nitrogens with zero attached hydrogens (tertiary/aromatic N) is 1. The third-order valence-corrected chi connectivity index (χ3v) is 4.69. The van der Waals surface area contributed by atoms with Crippen molar-refractivity contribution in [2.24, 2.45) is 5.41 Å². The molecular formula is C16H20N. The highest BCUT2D eigenvalue weighted by Gasteiger charge is 2.40. The molecule has 0 N–H and O–H groups in total. The Morgan fingerprint density at radius 2 is 1.94 bits per heavy atom. The van der Waals surface area contributed by atoms with Gasteiger partial charge in [0.15, 0.2) is 0 Å². The van der Waals surface area contributed by atoms with Gasteiger partial charge < -0.3 is 0 Å². The lowest BCUT2D eigenvalue weighted by molar-refractivity contribution is 0.273. The molecule has 0 atom stereocenters. The van der Waals surface area contributed by atoms with E-state index < -0.39 is 0 Å². The summed E-state index contributed by atoms with van der Waals surface area (Å²) in [4.78, 5) is 0. The van der Waals surface area contributed by atoms with Crippen molar-refractivity contribution >= 4 is 11.3 Å². The van der Waals surface area contributed by atoms with Crippen LogP contribution in [0, 0.1) is 5.41 Å². The van der Waals surface area contributed by atoms with Crippen molar-refractivity contribution in [2.45, 2.75) is 46.0 Å². The molecule has 0 saturated carbocycles. The standard InChI is InChI=1S/C16H20N/c1-3-16(4-2)11-7-9-13-12-8-5-6-10-14(12)17-15(13)16/h5-6,8,10H,3-4,7,9,11H2,1-2H3. The molecule has 3 rings (SSSR count). The van der Waals surface area contributed by atoms with Gasteiger partial charge in [0.05, 0.1) is 11.4 Å². The van der Waals surface area contributed by atoms with Crippen molar-refractivity contribution in [3.63, 3.8) is 0 Å². The molecule has 1 aromatic rings. The van der Waals surface area contributed by atoms with E-state index in [1.807, 2.05) is 0 Å². The summed E-state index contributed by atoms with van der Waals surface area (Å²) in [6.45, 7) is 4.63. The van der Waals surface area contributed by atoms with Gasteiger partial charge in [-0.15, -0.1) is 0 Å². The van der Waals surface area contributed by atoms with Crippen LogP contribution in [0.3, 0.4) is 0 Å². The third-order valence-electron chi connectivity index (χ3n) is 4.69. The fraction of sp³-hybridized carbons (Fsp3) is 0.500. The topological polar surface area (TPSA) is 14.1 Å². The number of benzene rings is 1. The molecule has 0 spiro atoms. The van der Waals surface area contributed by atoms with Gasteiger partial charge in [0, 0.05) is 11.0 Å². The molecule has 1 nitrogen and oxygen atoms in total. The molecule has 0 bridgehead atoms. The first-order chi connectivity index (χ1) is 8.30. The van der Waals surface area contributed by atoms with E-state index in [0.717, 1.165) is 0 Å². The molecule has 1 heteroatoms. The van der Waals surface area contributed by atoms with E-state index in [9.17, 15) is 0 Å². The van der Waals surface area contributed by atoms with Crippen molar-refractivity contribution in [2.75, 3.05) is 0 Å². The summed E-state index contributed by atoms with van der Waals surface area (Å²) >= 11 is 0. The number of hydrogen-bond acceptors (Lipinski definition) is 0. The van der Waals surface area contributed by atoms with Crippen LogP contribution in [-0.4, -0.2) is 0 Å². The Hall–Kier alpha value is -1.24. The Morgan fingerprint density at radius 3 is 2.71 bits per heavy atom. The second-order valence-electron chi connectivity index (χ2n) is 5.30. The van der Waals surface area contributed by atoms with Crippen LogP contribution in [0.2, 0.25) is 0 Å². The van der Waals surface area contributed by atoms with Gasteiger partial charge in [-0.25, -0.2) is 0 Å². The number of allylic oxidation sites excluding steroid dienone is 2. The largest absolute Gasteiger partial charge is 0.252 e. The molecule has 17 heavy (non-hydrogen) atoms. The molecule has 2 aliphatic rings. The average molecular weight is 226 g/mol. The monoisotopic (exact) mass is 226 g/mol. The van der Waals surface area contributed by atoms with Crippen LogP contribution < -0.4 is 5.32 Å². The summed E-state index contributed by atoms with van der Waals surface area (Å²) < 4.78 is 0. The molecular weight excluding hydrogens is 206 g/mol. The first kappa shape index (κ1) is 10.9. The zero-order chi connectivity index (χ0) is 11.9. The van der Waals surface area contributed by atoms with Gasteiger partial charge in [-0.1, -0.05) is 32.0 Å². The molecule has 0 unspecified atom stereocenters. The summed E-state index contributed by atoms with van der Waals surface area (Å²) in [5, 5.41) is 4.95. The van der Waals surface area contributed by atoms with Crippen molar-refractivity contribution in [3.8, 4) is 0 Å². The maximum absolute atomic E-state index is 4.95. The number of rotatable bonds is 2. The lowest BCUT2D eigenvalue weighted by atomic mass is 9.70. The quantitative estimate of drug-likeness (QED) is 0.697. The smallest absolute Gasteiger partial charge is 0.0709 e. The molecule has 1 aromatic carbocycles. The highest BCUT2D eigenvalue weighted by molar-refractivity contribution is 5.83. The van der Waals surface area contributed by atoms with Crippen molar-refractivity contribution in [1.82, 2.24) is 5.32 Å². The molecule has 1 radical (unpaired) electrons. The number of fused-ring (bicyclic) bond motifs is 2. The highest BCUT2D eigenvalue weighted by Crippen LogP contribution is 2.53. The predicted molar refractivity (Wildman–Crippen MR) is 72.0 cm³/mol. The lowest BCUT2D eigenvalue weighted by Gasteiger charge is -2.36. The number of hydrogen-bond donors (Lipinski definition) is 0. The Labute approximate surface area is 104 Å². The first-order valence-electron chi connectivity index (χ1n) is 6.85. The Balaban J connectivity index is 2.11. The molecule has 0 aromatic heterocycles. The van der Waals surface area contributed by atoms with Crippen LogP contribution in [0.1, 0.15) is 51.5 Å². The van der Waals surface area contributed by atoms with Gasteiger partial charge in [0.1, 0.15) is 0 Å². The second kappa shape index (κ2) is 3.90. The maximum Gasteiger partial charge on any atom is 0.0709 e. The van der Waals surface area contributed by atoms with Crippen LogP contribution in [0.5, 0.6) is 0 Å². The molecule has 0 saturated heterocycles. The zero-order valence-electron chi connectivity index (χ0n) is 10.8. The first-order valence-corrected chi connectivity index (χ1v) is 6.85. The van der Waals surface area contributed by atoms with E-state index in [4.69, 9.17) is 5.32 Å². The fourth-order valence-corrected chi connectivity index (χ4v) is 3.49. The van der Waals surface area contributed by atoms with Gasteiger partial charge in [0.25, 0.3) is 0 Å². The average Bonchev–Trinajstić information content (AvgIpc) is 2.77. The summed E-state index contributed by atoms with van der Waals surface area (Å²) in [6, 6.07) is 8.63. The molecule has 1 aliphatic carbocycles. The van der Waals surface area contributed by atoms with Crippen LogP contribution in [0.4, 0.5) is 5.69 Å². The third kappa shape index (κ3) is 1.45. The highest BCUT2D eigenvalue weighted by atomic mass is 14.9. The SMILES string of the molecule is CCC1(CC)CCCC2=C1[N]c1ccccc12. The Kier molecular flexibility index (Phi) is 2.50. The van der Waals surface area contributed by atoms with Gasteiger partial charge in [0.2, 0.25) is 0 Å². The predicted octanol–water partition coefficient (Wildman–Crippen LogP) is 4.64. The van der Waals surface area contributed by atoms with Crippen LogP contribution in [0.15, 0.2) is 30.0 Å². The summed E-state index contributed by atoms with van der Waals surface area (Å²) in [5.41, 5.74) is 5.90. The van der Waals surface area contributed by atoms with E-state index >= 15 is 0 Å². The van der Waals surface area contributed by atoms with Gasteiger partial charge in [-0.2, -0.15) is 0 Å². The minimum Gasteiger partial charge on any atom is -0.252 e. The van der Waals surface area contributed by atoms with Gasteiger partial charge in [-0.05, 0) is 43.7 Å². The normalized spacial score (nSPS) is 20.8. The summed E-state index contributed by atoms with van der Waals surface area (Å²) in [5.74, 6) is 0. The Bertz CT molecular complexity index is 466. The van der Waals surface area contributed by atoms with Crippen LogP contribution in [-0.2, 0) is 0 Å². The number of para-hydroxylation sites is 1. The molecule has 1 heterocycles. The van der Waals surface area contributed by atoms with E-state index in [1.54, 1.807) is 0 Å². The summed E-state index contributed by atoms with van der Waals surface area (Å²) in [6.07, 6.45) is 6.30. The second-order valence-corrected chi connectivity index (χ2v) is 5.30. The molecule has 89 valence electrons. The van der Waals surface area contributed by atoms with Gasteiger partial charge in [-0.3, -0.25) is 5.32 Å². The minimum absolute atomic E-state index is 0.354. The van der Waals surface area contributed by atoms with E-state index in [1.165, 1.54) is 54.6 Å². The lowest BCUT2D eigenvalue weighted by Crippen LogP contribution is -2.27. The zero-order valence-corrected chi connectivity index (χ0v) is 10.8. The molecule has 0 amide bonds. The molecule has 1 aliphatic heterocycles. The van der Waals surface area contributed by atoms with Crippen molar-refractivity contribution in [1.29, 1.82) is 0 Å². The maximum atomic E-state index is 4.95. The summed E-state index contributed by atoms with van der Waals surface area (Å²) in [7, 11) is 0. The minimum atomic E-state index is 0.354. The van der Waals surface area contributed by atoms with Crippen LogP contribution >= 0.6 is 0 Å². The van der Waals surface area contributed by atoms with E-state index in [-0.39, 0.29) is 0 Å². The van der Waals surface area contributed by atoms with Gasteiger partial charge >= 0.3 is 0 Å². The Morgan fingerprint density at radius 1 is 1.18 bits per heavy atom. The fourth-order valence-electron chi connectivity index (χ4n) is 3.49. The van der Waals surface area contributed by atoms with Crippen LogP contribution in [0.25, 0.3) is 5.57 Å². The molecule has 0 fully saturated rings. The van der Waals surface area contributed by atoms with Crippen molar-refractivity contribution in [3.05, 3.63) is 35.5 Å². The van der Waals surface area contributed by atoms with Crippen molar-refractivity contribution < 1.29 is 0 Å². The van der Waals surface area contributed by atoms with E-state index in [0.29, 0.717) is 5.41 Å². The van der Waals surface area contributed by atoms with E-state index in [2.05, 4.69) is 38.1 Å².